The van der Waals surface area contributed by atoms with Gasteiger partial charge in [-0.25, -0.2) is 4.98 Å². The summed E-state index contributed by atoms with van der Waals surface area (Å²) in [5.41, 5.74) is 3.05. The number of aryl methyl sites for hydroxylation is 1. The summed E-state index contributed by atoms with van der Waals surface area (Å²) in [7, 11) is 3.33. The smallest absolute Gasteiger partial charge is 0.265 e. The van der Waals surface area contributed by atoms with Crippen LogP contribution >= 0.6 is 11.3 Å². The monoisotopic (exact) mass is 451 g/mol. The van der Waals surface area contributed by atoms with E-state index in [4.69, 9.17) is 9.47 Å². The maximum atomic E-state index is 13.3. The highest BCUT2D eigenvalue weighted by atomic mass is 32.1. The number of methoxy groups -OCH3 is 2. The molecule has 32 heavy (non-hydrogen) atoms. The molecule has 1 aliphatic heterocycles. The van der Waals surface area contributed by atoms with Gasteiger partial charge in [-0.15, -0.1) is 11.3 Å². The van der Waals surface area contributed by atoms with Gasteiger partial charge in [-0.3, -0.25) is 9.69 Å². The molecule has 0 aliphatic carbocycles. The Morgan fingerprint density at radius 3 is 2.25 bits per heavy atom. The van der Waals surface area contributed by atoms with Gasteiger partial charge in [-0.2, -0.15) is 0 Å². The van der Waals surface area contributed by atoms with E-state index in [1.54, 1.807) is 14.2 Å². The Bertz CT molecular complexity index is 1050. The van der Waals surface area contributed by atoms with E-state index in [1.165, 1.54) is 16.9 Å². The quantitative estimate of drug-likeness (QED) is 0.553. The van der Waals surface area contributed by atoms with Crippen LogP contribution in [0.15, 0.2) is 48.5 Å². The van der Waals surface area contributed by atoms with E-state index in [2.05, 4.69) is 22.0 Å². The molecule has 0 saturated carbocycles. The fraction of sp³-hybridized carbons (Fsp3) is 0.360. The second kappa shape index (κ2) is 10.1. The first kappa shape index (κ1) is 22.3. The van der Waals surface area contributed by atoms with E-state index in [0.717, 1.165) is 71.8 Å². The van der Waals surface area contributed by atoms with Gasteiger partial charge in [0.15, 0.2) is 0 Å². The predicted octanol–water partition coefficient (Wildman–Crippen LogP) is 4.48. The molecule has 0 radical (unpaired) electrons. The minimum atomic E-state index is 0.0889. The molecule has 7 heteroatoms. The van der Waals surface area contributed by atoms with Crippen molar-refractivity contribution in [3.05, 3.63) is 64.7 Å². The fourth-order valence-corrected chi connectivity index (χ4v) is 4.96. The highest BCUT2D eigenvalue weighted by Crippen LogP contribution is 2.30. The van der Waals surface area contributed by atoms with Crippen LogP contribution in [0.3, 0.4) is 0 Å². The number of ether oxygens (including phenoxy) is 2. The molecule has 6 nitrogen and oxygen atoms in total. The molecule has 2 heterocycles. The molecule has 1 amide bonds. The first-order valence-corrected chi connectivity index (χ1v) is 11.7. The Morgan fingerprint density at radius 1 is 0.938 bits per heavy atom. The van der Waals surface area contributed by atoms with Crippen molar-refractivity contribution in [1.29, 1.82) is 0 Å². The Balaban J connectivity index is 1.40. The van der Waals surface area contributed by atoms with Crippen LogP contribution < -0.4 is 9.47 Å². The van der Waals surface area contributed by atoms with Crippen molar-refractivity contribution in [2.75, 3.05) is 40.4 Å². The van der Waals surface area contributed by atoms with E-state index >= 15 is 0 Å². The van der Waals surface area contributed by atoms with Crippen LogP contribution in [-0.4, -0.2) is 61.1 Å². The van der Waals surface area contributed by atoms with Crippen molar-refractivity contribution in [2.45, 2.75) is 19.9 Å². The second-order valence-corrected chi connectivity index (χ2v) is 8.93. The van der Waals surface area contributed by atoms with Crippen LogP contribution in [0.5, 0.6) is 11.5 Å². The molecule has 1 saturated heterocycles. The molecule has 168 valence electrons. The molecular weight excluding hydrogens is 422 g/mol. The maximum Gasteiger partial charge on any atom is 0.265 e. The number of carbonyl (C=O) groups is 1. The van der Waals surface area contributed by atoms with E-state index < -0.39 is 0 Å². The van der Waals surface area contributed by atoms with Gasteiger partial charge >= 0.3 is 0 Å². The lowest BCUT2D eigenvalue weighted by Crippen LogP contribution is -2.35. The molecular formula is C25H29N3O3S. The minimum Gasteiger partial charge on any atom is -0.497 e. The Hall–Kier alpha value is -2.90. The zero-order valence-corrected chi connectivity index (χ0v) is 19.7. The van der Waals surface area contributed by atoms with E-state index in [0.29, 0.717) is 0 Å². The van der Waals surface area contributed by atoms with Gasteiger partial charge in [0.25, 0.3) is 5.91 Å². The molecule has 1 aromatic heterocycles. The number of aromatic nitrogens is 1. The Labute approximate surface area is 193 Å². The zero-order chi connectivity index (χ0) is 22.5. The molecule has 0 spiro atoms. The largest absolute Gasteiger partial charge is 0.497 e. The van der Waals surface area contributed by atoms with Crippen molar-refractivity contribution < 1.29 is 14.3 Å². The summed E-state index contributed by atoms with van der Waals surface area (Å²) >= 11 is 1.47. The number of benzene rings is 2. The summed E-state index contributed by atoms with van der Waals surface area (Å²) in [6, 6.07) is 16.0. The van der Waals surface area contributed by atoms with E-state index in [9.17, 15) is 4.79 Å². The maximum absolute atomic E-state index is 13.3. The summed E-state index contributed by atoms with van der Waals surface area (Å²) in [6.45, 7) is 6.14. The predicted molar refractivity (Wildman–Crippen MR) is 128 cm³/mol. The van der Waals surface area contributed by atoms with Crippen LogP contribution in [0, 0.1) is 6.92 Å². The molecule has 1 fully saturated rings. The van der Waals surface area contributed by atoms with Gasteiger partial charge < -0.3 is 14.4 Å². The Morgan fingerprint density at radius 2 is 1.59 bits per heavy atom. The molecule has 4 rings (SSSR count). The lowest BCUT2D eigenvalue weighted by molar-refractivity contribution is 0.0765. The number of hydrogen-bond acceptors (Lipinski definition) is 6. The fourth-order valence-electron chi connectivity index (χ4n) is 3.92. The number of rotatable bonds is 6. The third kappa shape index (κ3) is 5.11. The lowest BCUT2D eigenvalue weighted by Gasteiger charge is -2.22. The van der Waals surface area contributed by atoms with Crippen molar-refractivity contribution >= 4 is 17.2 Å². The number of hydrogen-bond donors (Lipinski definition) is 0. The SMILES string of the molecule is COc1ccc(CN2CCCN(C(=O)c3sc(-c4ccc(OC)cc4)nc3C)CC2)cc1. The van der Waals surface area contributed by atoms with Gasteiger partial charge in [0, 0.05) is 38.3 Å². The normalized spacial score (nSPS) is 14.8. The van der Waals surface area contributed by atoms with Crippen LogP contribution in [0.25, 0.3) is 10.6 Å². The van der Waals surface area contributed by atoms with Gasteiger partial charge in [0.2, 0.25) is 0 Å². The summed E-state index contributed by atoms with van der Waals surface area (Å²) in [5, 5.41) is 0.865. The van der Waals surface area contributed by atoms with Gasteiger partial charge in [0.05, 0.1) is 19.9 Å². The molecule has 3 aromatic rings. The van der Waals surface area contributed by atoms with Gasteiger partial charge in [0.1, 0.15) is 21.4 Å². The number of amides is 1. The summed E-state index contributed by atoms with van der Waals surface area (Å²) < 4.78 is 10.5. The third-order valence-corrected chi connectivity index (χ3v) is 6.96. The number of carbonyl (C=O) groups excluding carboxylic acids is 1. The van der Waals surface area contributed by atoms with Gasteiger partial charge in [-0.1, -0.05) is 12.1 Å². The highest BCUT2D eigenvalue weighted by Gasteiger charge is 2.24. The standard InChI is InChI=1S/C25H29N3O3S/c1-18-23(32-24(26-18)20-7-11-22(31-3)12-8-20)25(29)28-14-4-13-27(15-16-28)17-19-5-9-21(30-2)10-6-19/h5-12H,4,13-17H2,1-3H3. The first-order valence-electron chi connectivity index (χ1n) is 10.8. The van der Waals surface area contributed by atoms with Crippen LogP contribution in [0.1, 0.15) is 27.3 Å². The Kier molecular flexibility index (Phi) is 7.07. The molecule has 2 aromatic carbocycles. The molecule has 0 atom stereocenters. The number of nitrogens with zero attached hydrogens (tertiary/aromatic N) is 3. The second-order valence-electron chi connectivity index (χ2n) is 7.93. The van der Waals surface area contributed by atoms with Gasteiger partial charge in [-0.05, 0) is 55.3 Å². The topological polar surface area (TPSA) is 54.9 Å². The highest BCUT2D eigenvalue weighted by molar-refractivity contribution is 7.17. The molecule has 0 unspecified atom stereocenters. The van der Waals surface area contributed by atoms with Crippen molar-refractivity contribution in [3.8, 4) is 22.1 Å². The van der Waals surface area contributed by atoms with Crippen LogP contribution in [0.2, 0.25) is 0 Å². The average Bonchev–Trinajstić information content (AvgIpc) is 3.06. The summed E-state index contributed by atoms with van der Waals surface area (Å²) in [4.78, 5) is 23.1. The van der Waals surface area contributed by atoms with Crippen molar-refractivity contribution in [1.82, 2.24) is 14.8 Å². The molecule has 1 aliphatic rings. The van der Waals surface area contributed by atoms with Crippen molar-refractivity contribution in [3.63, 3.8) is 0 Å². The lowest BCUT2D eigenvalue weighted by atomic mass is 10.2. The minimum absolute atomic E-state index is 0.0889. The van der Waals surface area contributed by atoms with Crippen molar-refractivity contribution in [2.24, 2.45) is 0 Å². The van der Waals surface area contributed by atoms with Crippen LogP contribution in [0.4, 0.5) is 0 Å². The average molecular weight is 452 g/mol. The third-order valence-electron chi connectivity index (χ3n) is 5.77. The summed E-state index contributed by atoms with van der Waals surface area (Å²) in [6.07, 6.45) is 0.963. The molecule has 0 bridgehead atoms. The summed E-state index contributed by atoms with van der Waals surface area (Å²) in [5.74, 6) is 1.77. The number of thiazole rings is 1. The van der Waals surface area contributed by atoms with E-state index in [-0.39, 0.29) is 5.91 Å². The zero-order valence-electron chi connectivity index (χ0n) is 18.8. The molecule has 0 N–H and O–H groups in total. The van der Waals surface area contributed by atoms with Crippen LogP contribution in [-0.2, 0) is 6.54 Å². The first-order chi connectivity index (χ1) is 15.6. The van der Waals surface area contributed by atoms with E-state index in [1.807, 2.05) is 48.2 Å².